The number of benzene rings is 1. The first-order valence-corrected chi connectivity index (χ1v) is 6.44. The highest BCUT2D eigenvalue weighted by Gasteiger charge is 2.34. The van der Waals surface area contributed by atoms with E-state index in [1.807, 2.05) is 30.3 Å². The Morgan fingerprint density at radius 2 is 2.05 bits per heavy atom. The van der Waals surface area contributed by atoms with Crippen molar-refractivity contribution in [1.29, 1.82) is 5.26 Å². The molecule has 1 aliphatic rings. The Morgan fingerprint density at radius 1 is 1.37 bits per heavy atom. The highest BCUT2D eigenvalue weighted by atomic mass is 16.2. The molecule has 1 amide bonds. The summed E-state index contributed by atoms with van der Waals surface area (Å²) in [5, 5.41) is 8.97. The number of carbonyl (C=O) groups excluding carboxylic acids is 2. The van der Waals surface area contributed by atoms with E-state index in [9.17, 15) is 9.59 Å². The van der Waals surface area contributed by atoms with Crippen molar-refractivity contribution in [2.75, 3.05) is 6.54 Å². The number of carbonyl (C=O) groups is 2. The third-order valence-corrected chi connectivity index (χ3v) is 3.57. The molecule has 98 valence electrons. The summed E-state index contributed by atoms with van der Waals surface area (Å²) in [6.07, 6.45) is 1.45. The fraction of sp³-hybridized carbons (Fsp3) is 0.400. The van der Waals surface area contributed by atoms with Crippen LogP contribution in [0.1, 0.15) is 31.2 Å². The number of hydrogen-bond donors (Lipinski definition) is 0. The van der Waals surface area contributed by atoms with Crippen molar-refractivity contribution >= 4 is 11.7 Å². The lowest BCUT2D eigenvalue weighted by atomic mass is 9.96. The smallest absolute Gasteiger partial charge is 0.291 e. The van der Waals surface area contributed by atoms with Gasteiger partial charge in [-0.05, 0) is 18.4 Å². The Balaban J connectivity index is 2.12. The van der Waals surface area contributed by atoms with Crippen LogP contribution in [0.5, 0.6) is 0 Å². The predicted octanol–water partition coefficient (Wildman–Crippen LogP) is 1.87. The van der Waals surface area contributed by atoms with Gasteiger partial charge in [0.05, 0.1) is 6.07 Å². The molecule has 0 bridgehead atoms. The third kappa shape index (κ3) is 2.65. The van der Waals surface area contributed by atoms with E-state index in [0.29, 0.717) is 13.0 Å². The number of amides is 1. The summed E-state index contributed by atoms with van der Waals surface area (Å²) in [4.78, 5) is 25.8. The SMILES string of the molecule is CC(C(=O)C(=O)N1CCCC1C#N)c1ccccc1. The van der Waals surface area contributed by atoms with Crippen LogP contribution < -0.4 is 0 Å². The van der Waals surface area contributed by atoms with Gasteiger partial charge in [0.25, 0.3) is 5.91 Å². The van der Waals surface area contributed by atoms with Crippen LogP contribution in [-0.2, 0) is 9.59 Å². The van der Waals surface area contributed by atoms with Crippen LogP contribution in [0.15, 0.2) is 30.3 Å². The molecule has 2 atom stereocenters. The Hall–Kier alpha value is -2.15. The Labute approximate surface area is 112 Å². The van der Waals surface area contributed by atoms with Crippen molar-refractivity contribution in [2.24, 2.45) is 0 Å². The largest absolute Gasteiger partial charge is 0.320 e. The first-order valence-electron chi connectivity index (χ1n) is 6.44. The minimum atomic E-state index is -0.527. The van der Waals surface area contributed by atoms with Crippen LogP contribution in [0.2, 0.25) is 0 Å². The predicted molar refractivity (Wildman–Crippen MR) is 70.2 cm³/mol. The topological polar surface area (TPSA) is 61.2 Å². The average Bonchev–Trinajstić information content (AvgIpc) is 2.94. The Bertz CT molecular complexity index is 519. The molecule has 1 aliphatic heterocycles. The van der Waals surface area contributed by atoms with Crippen LogP contribution in [0.4, 0.5) is 0 Å². The number of nitriles is 1. The van der Waals surface area contributed by atoms with E-state index >= 15 is 0 Å². The van der Waals surface area contributed by atoms with E-state index in [1.165, 1.54) is 4.90 Å². The van der Waals surface area contributed by atoms with Gasteiger partial charge in [0.2, 0.25) is 5.78 Å². The lowest BCUT2D eigenvalue weighted by Crippen LogP contribution is -2.40. The van der Waals surface area contributed by atoms with Gasteiger partial charge in [0.1, 0.15) is 6.04 Å². The van der Waals surface area contributed by atoms with Crippen molar-refractivity contribution in [3.63, 3.8) is 0 Å². The van der Waals surface area contributed by atoms with Gasteiger partial charge in [-0.2, -0.15) is 5.26 Å². The van der Waals surface area contributed by atoms with E-state index < -0.39 is 23.7 Å². The zero-order valence-electron chi connectivity index (χ0n) is 10.9. The zero-order chi connectivity index (χ0) is 13.8. The Morgan fingerprint density at radius 3 is 2.68 bits per heavy atom. The van der Waals surface area contributed by atoms with Crippen LogP contribution in [0.25, 0.3) is 0 Å². The second kappa shape index (κ2) is 5.66. The summed E-state index contributed by atoms with van der Waals surface area (Å²) in [5.74, 6) is -1.43. The maximum atomic E-state index is 12.2. The molecule has 1 fully saturated rings. The normalized spacial score (nSPS) is 19.8. The van der Waals surface area contributed by atoms with Crippen LogP contribution >= 0.6 is 0 Å². The monoisotopic (exact) mass is 256 g/mol. The number of likely N-dealkylation sites (tertiary alicyclic amines) is 1. The summed E-state index contributed by atoms with van der Waals surface area (Å²) >= 11 is 0. The number of rotatable bonds is 3. The zero-order valence-corrected chi connectivity index (χ0v) is 10.9. The summed E-state index contributed by atoms with van der Waals surface area (Å²) < 4.78 is 0. The van der Waals surface area contributed by atoms with E-state index in [2.05, 4.69) is 6.07 Å². The van der Waals surface area contributed by atoms with E-state index in [1.54, 1.807) is 6.92 Å². The van der Waals surface area contributed by atoms with Crippen molar-refractivity contribution in [2.45, 2.75) is 31.7 Å². The van der Waals surface area contributed by atoms with Gasteiger partial charge < -0.3 is 4.90 Å². The molecule has 1 heterocycles. The van der Waals surface area contributed by atoms with Crippen LogP contribution in [0, 0.1) is 11.3 Å². The molecule has 2 rings (SSSR count). The van der Waals surface area contributed by atoms with E-state index in [4.69, 9.17) is 5.26 Å². The third-order valence-electron chi connectivity index (χ3n) is 3.57. The Kier molecular flexibility index (Phi) is 3.96. The summed E-state index contributed by atoms with van der Waals surface area (Å²) in [6, 6.07) is 10.9. The molecule has 0 saturated carbocycles. The summed E-state index contributed by atoms with van der Waals surface area (Å²) in [7, 11) is 0. The molecule has 0 aliphatic carbocycles. The molecule has 4 nitrogen and oxygen atoms in total. The van der Waals surface area contributed by atoms with Crippen molar-refractivity contribution < 1.29 is 9.59 Å². The van der Waals surface area contributed by atoms with Gasteiger partial charge in [0.15, 0.2) is 0 Å². The van der Waals surface area contributed by atoms with Crippen LogP contribution in [0.3, 0.4) is 0 Å². The summed E-state index contributed by atoms with van der Waals surface area (Å²) in [6.45, 7) is 2.23. The molecule has 2 unspecified atom stereocenters. The van der Waals surface area contributed by atoms with Crippen molar-refractivity contribution in [3.05, 3.63) is 35.9 Å². The quantitative estimate of drug-likeness (QED) is 0.776. The van der Waals surface area contributed by atoms with E-state index in [-0.39, 0.29) is 0 Å². The number of Topliss-reactive ketones (excluding diaryl/α,β-unsaturated/α-hetero) is 1. The lowest BCUT2D eigenvalue weighted by Gasteiger charge is -2.20. The first kappa shape index (κ1) is 13.3. The molecule has 0 N–H and O–H groups in total. The lowest BCUT2D eigenvalue weighted by molar-refractivity contribution is -0.145. The van der Waals surface area contributed by atoms with Gasteiger partial charge in [-0.3, -0.25) is 9.59 Å². The first-order chi connectivity index (χ1) is 9.15. The molecule has 1 aromatic carbocycles. The molecule has 1 saturated heterocycles. The number of ketones is 1. The number of hydrogen-bond acceptors (Lipinski definition) is 3. The highest BCUT2D eigenvalue weighted by molar-refractivity contribution is 6.38. The second-order valence-electron chi connectivity index (χ2n) is 4.78. The molecule has 0 spiro atoms. The van der Waals surface area contributed by atoms with Gasteiger partial charge >= 0.3 is 0 Å². The fourth-order valence-electron chi connectivity index (χ4n) is 2.36. The molecule has 0 radical (unpaired) electrons. The van der Waals surface area contributed by atoms with Gasteiger partial charge in [-0.25, -0.2) is 0 Å². The van der Waals surface area contributed by atoms with Crippen molar-refractivity contribution in [1.82, 2.24) is 4.90 Å². The second-order valence-corrected chi connectivity index (χ2v) is 4.78. The molecule has 4 heteroatoms. The standard InChI is InChI=1S/C15H16N2O2/c1-11(12-6-3-2-4-7-12)14(18)15(19)17-9-5-8-13(17)10-16/h2-4,6-7,11,13H,5,8-9H2,1H3. The molecular weight excluding hydrogens is 240 g/mol. The van der Waals surface area contributed by atoms with E-state index in [0.717, 1.165) is 12.0 Å². The molecule has 0 aromatic heterocycles. The minimum absolute atomic E-state index is 0.437. The maximum Gasteiger partial charge on any atom is 0.291 e. The molecular formula is C15H16N2O2. The molecule has 1 aromatic rings. The van der Waals surface area contributed by atoms with Gasteiger partial charge in [0, 0.05) is 12.5 Å². The summed E-state index contributed by atoms with van der Waals surface area (Å²) in [5.41, 5.74) is 0.827. The minimum Gasteiger partial charge on any atom is -0.320 e. The molecule has 19 heavy (non-hydrogen) atoms. The van der Waals surface area contributed by atoms with Crippen LogP contribution in [-0.4, -0.2) is 29.2 Å². The van der Waals surface area contributed by atoms with Crippen molar-refractivity contribution in [3.8, 4) is 6.07 Å². The number of nitrogens with zero attached hydrogens (tertiary/aromatic N) is 2. The maximum absolute atomic E-state index is 12.2. The fourth-order valence-corrected chi connectivity index (χ4v) is 2.36. The average molecular weight is 256 g/mol. The highest BCUT2D eigenvalue weighted by Crippen LogP contribution is 2.21. The van der Waals surface area contributed by atoms with Gasteiger partial charge in [-0.1, -0.05) is 37.3 Å². The van der Waals surface area contributed by atoms with Gasteiger partial charge in [-0.15, -0.1) is 0 Å².